The van der Waals surface area contributed by atoms with Crippen LogP contribution in [0.2, 0.25) is 0 Å². The summed E-state index contributed by atoms with van der Waals surface area (Å²) in [6, 6.07) is 17.1. The Morgan fingerprint density at radius 3 is 2.38 bits per heavy atom. The number of anilines is 1. The van der Waals surface area contributed by atoms with Crippen LogP contribution in [0.3, 0.4) is 0 Å². The molecule has 0 radical (unpaired) electrons. The second-order valence-corrected chi connectivity index (χ2v) is 6.93. The molecule has 0 bridgehead atoms. The van der Waals surface area contributed by atoms with Gasteiger partial charge in [0.25, 0.3) is 5.91 Å². The molecule has 0 aromatic heterocycles. The van der Waals surface area contributed by atoms with Crippen molar-refractivity contribution in [3.63, 3.8) is 0 Å². The molecule has 0 unspecified atom stereocenters. The molecule has 0 heterocycles. The summed E-state index contributed by atoms with van der Waals surface area (Å²) in [4.78, 5) is 25.0. The van der Waals surface area contributed by atoms with E-state index in [0.717, 1.165) is 24.3 Å². The lowest BCUT2D eigenvalue weighted by molar-refractivity contribution is -0.117. The van der Waals surface area contributed by atoms with Crippen LogP contribution in [0.4, 0.5) is 5.69 Å². The van der Waals surface area contributed by atoms with Gasteiger partial charge in [0.05, 0.1) is 0 Å². The van der Waals surface area contributed by atoms with Crippen molar-refractivity contribution in [2.75, 3.05) is 17.6 Å². The molecule has 5 heteroatoms. The molecule has 124 valence electrons. The van der Waals surface area contributed by atoms with Crippen LogP contribution < -0.4 is 10.6 Å². The molecule has 2 aromatic rings. The molecule has 0 spiro atoms. The van der Waals surface area contributed by atoms with Crippen LogP contribution in [-0.2, 0) is 4.79 Å². The number of thioether (sulfide) groups is 1. The SMILES string of the molecule is O=C(NCCSc1ccccc1)c1ccc(NC(=O)C2CC2)cc1. The highest BCUT2D eigenvalue weighted by atomic mass is 32.2. The molecule has 4 nitrogen and oxygen atoms in total. The molecule has 0 atom stereocenters. The van der Waals surface area contributed by atoms with Gasteiger partial charge in [-0.15, -0.1) is 11.8 Å². The molecule has 0 aliphatic heterocycles. The van der Waals surface area contributed by atoms with Gasteiger partial charge in [0, 0.05) is 34.4 Å². The number of hydrogen-bond acceptors (Lipinski definition) is 3. The van der Waals surface area contributed by atoms with E-state index in [1.165, 1.54) is 4.90 Å². The normalized spacial score (nSPS) is 13.3. The molecule has 1 saturated carbocycles. The predicted molar refractivity (Wildman–Crippen MR) is 97.3 cm³/mol. The molecular formula is C19H20N2O2S. The van der Waals surface area contributed by atoms with E-state index in [4.69, 9.17) is 0 Å². The van der Waals surface area contributed by atoms with E-state index in [0.29, 0.717) is 12.1 Å². The van der Waals surface area contributed by atoms with Crippen molar-refractivity contribution < 1.29 is 9.59 Å². The van der Waals surface area contributed by atoms with E-state index < -0.39 is 0 Å². The lowest BCUT2D eigenvalue weighted by atomic mass is 10.2. The Balaban J connectivity index is 1.42. The van der Waals surface area contributed by atoms with Gasteiger partial charge in [-0.2, -0.15) is 0 Å². The molecular weight excluding hydrogens is 320 g/mol. The van der Waals surface area contributed by atoms with Crippen LogP contribution in [0.5, 0.6) is 0 Å². The van der Waals surface area contributed by atoms with Crippen LogP contribution in [0.15, 0.2) is 59.5 Å². The predicted octanol–water partition coefficient (Wildman–Crippen LogP) is 3.56. The largest absolute Gasteiger partial charge is 0.351 e. The van der Waals surface area contributed by atoms with Crippen LogP contribution >= 0.6 is 11.8 Å². The highest BCUT2D eigenvalue weighted by molar-refractivity contribution is 7.99. The second kappa shape index (κ2) is 8.02. The average Bonchev–Trinajstić information content (AvgIpc) is 3.45. The summed E-state index contributed by atoms with van der Waals surface area (Å²) in [6.45, 7) is 0.610. The number of rotatable bonds is 7. The van der Waals surface area contributed by atoms with Gasteiger partial charge in [0.15, 0.2) is 0 Å². The quantitative estimate of drug-likeness (QED) is 0.598. The minimum atomic E-state index is -0.0938. The maximum atomic E-state index is 12.1. The van der Waals surface area contributed by atoms with Crippen molar-refractivity contribution in [3.8, 4) is 0 Å². The van der Waals surface area contributed by atoms with Crippen molar-refractivity contribution in [1.82, 2.24) is 5.32 Å². The number of nitrogens with one attached hydrogen (secondary N) is 2. The molecule has 24 heavy (non-hydrogen) atoms. The fraction of sp³-hybridized carbons (Fsp3) is 0.263. The molecule has 2 N–H and O–H groups in total. The zero-order valence-electron chi connectivity index (χ0n) is 13.3. The summed E-state index contributed by atoms with van der Waals surface area (Å²) < 4.78 is 0. The molecule has 3 rings (SSSR count). The molecule has 1 aliphatic carbocycles. The average molecular weight is 340 g/mol. The second-order valence-electron chi connectivity index (χ2n) is 5.76. The first-order valence-corrected chi connectivity index (χ1v) is 9.08. The van der Waals surface area contributed by atoms with E-state index >= 15 is 0 Å². The third kappa shape index (κ3) is 4.86. The molecule has 2 amide bonds. The van der Waals surface area contributed by atoms with E-state index in [1.807, 2.05) is 18.2 Å². The van der Waals surface area contributed by atoms with Crippen molar-refractivity contribution in [2.24, 2.45) is 5.92 Å². The Morgan fingerprint density at radius 2 is 1.71 bits per heavy atom. The number of hydrogen-bond donors (Lipinski definition) is 2. The van der Waals surface area contributed by atoms with Crippen LogP contribution in [-0.4, -0.2) is 24.1 Å². The van der Waals surface area contributed by atoms with Crippen molar-refractivity contribution in [1.29, 1.82) is 0 Å². The minimum Gasteiger partial charge on any atom is -0.351 e. The van der Waals surface area contributed by atoms with Crippen LogP contribution in [0.25, 0.3) is 0 Å². The Labute approximate surface area is 146 Å². The number of amides is 2. The summed E-state index contributed by atoms with van der Waals surface area (Å²) in [5, 5.41) is 5.78. The van der Waals surface area contributed by atoms with Gasteiger partial charge in [-0.3, -0.25) is 9.59 Å². The third-order valence-electron chi connectivity index (χ3n) is 3.76. The van der Waals surface area contributed by atoms with Crippen LogP contribution in [0, 0.1) is 5.92 Å². The number of carbonyl (C=O) groups is 2. The van der Waals surface area contributed by atoms with E-state index in [2.05, 4.69) is 22.8 Å². The Hall–Kier alpha value is -2.27. The number of carbonyl (C=O) groups excluding carboxylic acids is 2. The summed E-state index contributed by atoms with van der Waals surface area (Å²) in [5.41, 5.74) is 1.34. The molecule has 2 aromatic carbocycles. The smallest absolute Gasteiger partial charge is 0.251 e. The van der Waals surface area contributed by atoms with E-state index in [1.54, 1.807) is 36.0 Å². The lowest BCUT2D eigenvalue weighted by Gasteiger charge is -2.07. The zero-order chi connectivity index (χ0) is 16.8. The summed E-state index contributed by atoms with van der Waals surface area (Å²) in [7, 11) is 0. The fourth-order valence-corrected chi connectivity index (χ4v) is 3.04. The number of benzene rings is 2. The summed E-state index contributed by atoms with van der Waals surface area (Å²) >= 11 is 1.71. The fourth-order valence-electron chi connectivity index (χ4n) is 2.25. The highest BCUT2D eigenvalue weighted by Crippen LogP contribution is 2.30. The Bertz CT molecular complexity index is 697. The first kappa shape index (κ1) is 16.6. The van der Waals surface area contributed by atoms with Gasteiger partial charge < -0.3 is 10.6 Å². The Morgan fingerprint density at radius 1 is 1.00 bits per heavy atom. The summed E-state index contributed by atoms with van der Waals surface area (Å²) in [5.74, 6) is 0.981. The van der Waals surface area contributed by atoms with Gasteiger partial charge in [-0.05, 0) is 49.2 Å². The molecule has 0 saturated heterocycles. The van der Waals surface area contributed by atoms with Gasteiger partial charge in [0.1, 0.15) is 0 Å². The molecule has 1 fully saturated rings. The Kier molecular flexibility index (Phi) is 5.54. The monoisotopic (exact) mass is 340 g/mol. The van der Waals surface area contributed by atoms with Gasteiger partial charge >= 0.3 is 0 Å². The minimum absolute atomic E-state index is 0.0742. The third-order valence-corrected chi connectivity index (χ3v) is 4.78. The van der Waals surface area contributed by atoms with Crippen molar-refractivity contribution in [3.05, 3.63) is 60.2 Å². The maximum absolute atomic E-state index is 12.1. The summed E-state index contributed by atoms with van der Waals surface area (Å²) in [6.07, 6.45) is 1.96. The zero-order valence-corrected chi connectivity index (χ0v) is 14.1. The van der Waals surface area contributed by atoms with Gasteiger partial charge in [-0.25, -0.2) is 0 Å². The van der Waals surface area contributed by atoms with Crippen molar-refractivity contribution >= 4 is 29.3 Å². The van der Waals surface area contributed by atoms with E-state index in [-0.39, 0.29) is 17.7 Å². The van der Waals surface area contributed by atoms with Crippen molar-refractivity contribution in [2.45, 2.75) is 17.7 Å². The first-order valence-electron chi connectivity index (χ1n) is 8.09. The molecule has 1 aliphatic rings. The first-order chi connectivity index (χ1) is 11.7. The standard InChI is InChI=1S/C19H20N2O2S/c22-18(20-12-13-24-17-4-2-1-3-5-17)14-8-10-16(11-9-14)21-19(23)15-6-7-15/h1-5,8-11,15H,6-7,12-13H2,(H,20,22)(H,21,23). The topological polar surface area (TPSA) is 58.2 Å². The van der Waals surface area contributed by atoms with E-state index in [9.17, 15) is 9.59 Å². The van der Waals surface area contributed by atoms with Crippen LogP contribution in [0.1, 0.15) is 23.2 Å². The van der Waals surface area contributed by atoms with Gasteiger partial charge in [-0.1, -0.05) is 18.2 Å². The van der Waals surface area contributed by atoms with Gasteiger partial charge in [0.2, 0.25) is 5.91 Å². The lowest BCUT2D eigenvalue weighted by Crippen LogP contribution is -2.25. The highest BCUT2D eigenvalue weighted by Gasteiger charge is 2.29. The maximum Gasteiger partial charge on any atom is 0.251 e.